The molecule has 3 N–H and O–H groups in total. The van der Waals surface area contributed by atoms with Crippen LogP contribution in [-0.2, 0) is 6.42 Å². The summed E-state index contributed by atoms with van der Waals surface area (Å²) in [7, 11) is 0. The molecule has 0 fully saturated rings. The lowest BCUT2D eigenvalue weighted by molar-refractivity contribution is 0.307. The minimum Gasteiger partial charge on any atom is -0.476 e. The van der Waals surface area contributed by atoms with Gasteiger partial charge in [0, 0.05) is 5.69 Å². The second kappa shape index (κ2) is 7.15. The third-order valence-corrected chi connectivity index (χ3v) is 2.84. The third-order valence-electron chi connectivity index (χ3n) is 2.84. The largest absolute Gasteiger partial charge is 0.476 e. The number of nitrogens with one attached hydrogen (secondary N) is 1. The molecule has 0 spiro atoms. The van der Waals surface area contributed by atoms with Gasteiger partial charge >= 0.3 is 0 Å². The number of hydrogen-bond acceptors (Lipinski definition) is 5. The Kier molecular flexibility index (Phi) is 4.99. The first-order valence-corrected chi connectivity index (χ1v) is 6.85. The molecule has 2 rings (SSSR count). The third kappa shape index (κ3) is 4.11. The summed E-state index contributed by atoms with van der Waals surface area (Å²) in [4.78, 5) is 4.35. The SMILES string of the molecule is CCCOc1nc(Nc2ccc(CC#N)cc2)ccc1N. The molecule has 0 radical (unpaired) electrons. The Bertz CT molecular complexity index is 632. The number of aromatic nitrogens is 1. The van der Waals surface area contributed by atoms with Crippen molar-refractivity contribution in [2.45, 2.75) is 19.8 Å². The van der Waals surface area contributed by atoms with E-state index in [2.05, 4.69) is 16.4 Å². The molecule has 1 aromatic carbocycles. The molecular weight excluding hydrogens is 264 g/mol. The van der Waals surface area contributed by atoms with Crippen molar-refractivity contribution in [1.29, 1.82) is 5.26 Å². The summed E-state index contributed by atoms with van der Waals surface area (Å²) in [5.74, 6) is 1.12. The first-order valence-electron chi connectivity index (χ1n) is 6.85. The first kappa shape index (κ1) is 14.7. The monoisotopic (exact) mass is 282 g/mol. The average Bonchev–Trinajstić information content (AvgIpc) is 2.50. The maximum Gasteiger partial charge on any atom is 0.239 e. The standard InChI is InChI=1S/C16H18N4O/c1-2-11-21-16-14(18)7-8-15(20-16)19-13-5-3-12(4-6-13)9-10-17/h3-8H,2,9,11,18H2,1H3,(H,19,20). The number of benzene rings is 1. The van der Waals surface area contributed by atoms with Crippen molar-refractivity contribution in [1.82, 2.24) is 4.98 Å². The normalized spacial score (nSPS) is 9.90. The summed E-state index contributed by atoms with van der Waals surface area (Å²) in [5.41, 5.74) is 8.24. The van der Waals surface area contributed by atoms with E-state index in [1.165, 1.54) is 0 Å². The summed E-state index contributed by atoms with van der Waals surface area (Å²) >= 11 is 0. The fourth-order valence-electron chi connectivity index (χ4n) is 1.78. The van der Waals surface area contributed by atoms with Crippen molar-refractivity contribution in [3.8, 4) is 11.9 Å². The zero-order chi connectivity index (χ0) is 15.1. The van der Waals surface area contributed by atoms with Gasteiger partial charge in [0.2, 0.25) is 5.88 Å². The topological polar surface area (TPSA) is 84.0 Å². The van der Waals surface area contributed by atoms with Crippen LogP contribution in [0.15, 0.2) is 36.4 Å². The maximum absolute atomic E-state index is 8.65. The van der Waals surface area contributed by atoms with Crippen molar-refractivity contribution in [3.63, 3.8) is 0 Å². The fourth-order valence-corrected chi connectivity index (χ4v) is 1.78. The van der Waals surface area contributed by atoms with E-state index in [4.69, 9.17) is 15.7 Å². The Balaban J connectivity index is 2.10. The van der Waals surface area contributed by atoms with Crippen LogP contribution in [0.25, 0.3) is 0 Å². The number of nitrogens with two attached hydrogens (primary N) is 1. The average molecular weight is 282 g/mol. The van der Waals surface area contributed by atoms with Crippen LogP contribution in [0.5, 0.6) is 5.88 Å². The first-order chi connectivity index (χ1) is 10.2. The van der Waals surface area contributed by atoms with Crippen molar-refractivity contribution in [3.05, 3.63) is 42.0 Å². The lowest BCUT2D eigenvalue weighted by Crippen LogP contribution is -2.03. The number of anilines is 3. The number of hydrogen-bond donors (Lipinski definition) is 2. The summed E-state index contributed by atoms with van der Waals surface area (Å²) < 4.78 is 5.50. The molecule has 5 heteroatoms. The molecule has 0 amide bonds. The van der Waals surface area contributed by atoms with Crippen molar-refractivity contribution < 1.29 is 4.74 Å². The molecule has 2 aromatic rings. The van der Waals surface area contributed by atoms with Crippen molar-refractivity contribution >= 4 is 17.2 Å². The molecule has 1 heterocycles. The number of ether oxygens (including phenoxy) is 1. The molecule has 0 aliphatic carbocycles. The van der Waals surface area contributed by atoms with Crippen LogP contribution in [0.1, 0.15) is 18.9 Å². The molecule has 0 unspecified atom stereocenters. The smallest absolute Gasteiger partial charge is 0.239 e. The van der Waals surface area contributed by atoms with E-state index >= 15 is 0 Å². The Morgan fingerprint density at radius 1 is 1.24 bits per heavy atom. The number of nitriles is 1. The van der Waals surface area contributed by atoms with Gasteiger partial charge in [-0.1, -0.05) is 19.1 Å². The molecule has 21 heavy (non-hydrogen) atoms. The Labute approximate surface area is 124 Å². The number of rotatable bonds is 6. The van der Waals surface area contributed by atoms with Crippen LogP contribution < -0.4 is 15.8 Å². The van der Waals surface area contributed by atoms with E-state index < -0.39 is 0 Å². The van der Waals surface area contributed by atoms with Crippen molar-refractivity contribution in [2.75, 3.05) is 17.7 Å². The molecule has 5 nitrogen and oxygen atoms in total. The number of pyridine rings is 1. The van der Waals surface area contributed by atoms with E-state index in [-0.39, 0.29) is 0 Å². The van der Waals surface area contributed by atoms with E-state index in [1.54, 1.807) is 12.1 Å². The van der Waals surface area contributed by atoms with Gasteiger partial charge < -0.3 is 15.8 Å². The quantitative estimate of drug-likeness (QED) is 0.849. The van der Waals surface area contributed by atoms with Crippen LogP contribution in [-0.4, -0.2) is 11.6 Å². The van der Waals surface area contributed by atoms with Gasteiger partial charge in [-0.3, -0.25) is 0 Å². The highest BCUT2D eigenvalue weighted by atomic mass is 16.5. The predicted molar refractivity (Wildman–Crippen MR) is 83.5 cm³/mol. The molecular formula is C16H18N4O. The second-order valence-corrected chi connectivity index (χ2v) is 4.60. The van der Waals surface area contributed by atoms with E-state index in [0.717, 1.165) is 17.7 Å². The summed E-state index contributed by atoms with van der Waals surface area (Å²) in [6.07, 6.45) is 1.31. The van der Waals surface area contributed by atoms with Crippen molar-refractivity contribution in [2.24, 2.45) is 0 Å². The Hall–Kier alpha value is -2.74. The minimum absolute atomic E-state index is 0.412. The summed E-state index contributed by atoms with van der Waals surface area (Å²) in [6, 6.07) is 13.4. The molecule has 0 saturated heterocycles. The highest BCUT2D eigenvalue weighted by Crippen LogP contribution is 2.23. The molecule has 0 saturated carbocycles. The number of nitrogens with zero attached hydrogens (tertiary/aromatic N) is 2. The zero-order valence-electron chi connectivity index (χ0n) is 12.0. The van der Waals surface area contributed by atoms with Gasteiger partial charge in [-0.05, 0) is 36.2 Å². The van der Waals surface area contributed by atoms with Crippen LogP contribution in [0.2, 0.25) is 0 Å². The molecule has 1 aromatic heterocycles. The molecule has 0 bridgehead atoms. The van der Waals surface area contributed by atoms with Crippen LogP contribution in [0, 0.1) is 11.3 Å². The van der Waals surface area contributed by atoms with Crippen LogP contribution in [0.4, 0.5) is 17.2 Å². The second-order valence-electron chi connectivity index (χ2n) is 4.60. The fraction of sp³-hybridized carbons (Fsp3) is 0.250. The van der Waals surface area contributed by atoms with E-state index in [0.29, 0.717) is 30.4 Å². The maximum atomic E-state index is 8.65. The Morgan fingerprint density at radius 3 is 2.67 bits per heavy atom. The van der Waals surface area contributed by atoms with E-state index in [1.807, 2.05) is 31.2 Å². The Morgan fingerprint density at radius 2 is 2.00 bits per heavy atom. The van der Waals surface area contributed by atoms with Gasteiger partial charge in [0.05, 0.1) is 24.8 Å². The molecule has 0 atom stereocenters. The highest BCUT2D eigenvalue weighted by molar-refractivity contribution is 5.60. The summed E-state index contributed by atoms with van der Waals surface area (Å²) in [6.45, 7) is 2.62. The lowest BCUT2D eigenvalue weighted by atomic mass is 10.1. The van der Waals surface area contributed by atoms with Gasteiger partial charge in [-0.25, -0.2) is 0 Å². The number of nitrogen functional groups attached to an aromatic ring is 1. The van der Waals surface area contributed by atoms with Gasteiger partial charge in [0.25, 0.3) is 0 Å². The van der Waals surface area contributed by atoms with E-state index in [9.17, 15) is 0 Å². The minimum atomic E-state index is 0.412. The molecule has 0 aliphatic rings. The molecule has 0 aliphatic heterocycles. The van der Waals surface area contributed by atoms with Gasteiger partial charge in [-0.15, -0.1) is 0 Å². The lowest BCUT2D eigenvalue weighted by Gasteiger charge is -2.10. The van der Waals surface area contributed by atoms with Gasteiger partial charge in [0.15, 0.2) is 0 Å². The molecule has 108 valence electrons. The van der Waals surface area contributed by atoms with Crippen LogP contribution >= 0.6 is 0 Å². The predicted octanol–water partition coefficient (Wildman–Crippen LogP) is 3.26. The highest BCUT2D eigenvalue weighted by Gasteiger charge is 2.04. The summed E-state index contributed by atoms with van der Waals surface area (Å²) in [5, 5.41) is 11.8. The van der Waals surface area contributed by atoms with Gasteiger partial charge in [-0.2, -0.15) is 10.2 Å². The van der Waals surface area contributed by atoms with Crippen LogP contribution in [0.3, 0.4) is 0 Å². The zero-order valence-corrected chi connectivity index (χ0v) is 12.0. The van der Waals surface area contributed by atoms with Gasteiger partial charge in [0.1, 0.15) is 5.82 Å².